The van der Waals surface area contributed by atoms with Crippen molar-refractivity contribution in [2.24, 2.45) is 0 Å². The van der Waals surface area contributed by atoms with E-state index in [-0.39, 0.29) is 24.3 Å². The first-order chi connectivity index (χ1) is 20.9. The van der Waals surface area contributed by atoms with Gasteiger partial charge in [-0.15, -0.1) is 0 Å². The van der Waals surface area contributed by atoms with E-state index in [0.29, 0.717) is 18.6 Å². The van der Waals surface area contributed by atoms with Crippen molar-refractivity contribution in [1.82, 2.24) is 0 Å². The average molecular weight is 607 g/mol. The van der Waals surface area contributed by atoms with Crippen LogP contribution < -0.4 is 0 Å². The lowest BCUT2D eigenvalue weighted by molar-refractivity contribution is -0.139. The molecule has 43 heavy (non-hydrogen) atoms. The summed E-state index contributed by atoms with van der Waals surface area (Å²) in [6, 6.07) is 0. The second-order valence-electron chi connectivity index (χ2n) is 13.5. The Balaban J connectivity index is 1.36. The zero-order chi connectivity index (χ0) is 31.1. The zero-order valence-corrected chi connectivity index (χ0v) is 27.9. The molecule has 0 amide bonds. The van der Waals surface area contributed by atoms with Crippen molar-refractivity contribution in [1.29, 1.82) is 0 Å². The molecule has 0 unspecified atom stereocenters. The summed E-state index contributed by atoms with van der Waals surface area (Å²) in [6.07, 6.45) is 28.3. The van der Waals surface area contributed by atoms with E-state index in [2.05, 4.69) is 6.92 Å². The Bertz CT molecular complexity index is 764. The second kappa shape index (κ2) is 24.1. The minimum atomic E-state index is -0.455. The van der Waals surface area contributed by atoms with Gasteiger partial charge in [-0.25, -0.2) is 4.79 Å². The number of esters is 1. The van der Waals surface area contributed by atoms with E-state index in [4.69, 9.17) is 9.47 Å². The van der Waals surface area contributed by atoms with Crippen LogP contribution in [0.1, 0.15) is 181 Å². The molecule has 2 N–H and O–H groups in total. The molecule has 0 spiro atoms. The maximum absolute atomic E-state index is 12.2. The number of hydrogen-bond donors (Lipinski definition) is 2. The third kappa shape index (κ3) is 17.7. The van der Waals surface area contributed by atoms with E-state index in [9.17, 15) is 19.8 Å². The van der Waals surface area contributed by atoms with Crippen molar-refractivity contribution < 1.29 is 29.3 Å². The van der Waals surface area contributed by atoms with Gasteiger partial charge >= 0.3 is 5.97 Å². The smallest absolute Gasteiger partial charge is 0.334 e. The molecule has 0 bridgehead atoms. The summed E-state index contributed by atoms with van der Waals surface area (Å²) < 4.78 is 11.2. The molecule has 0 aromatic rings. The standard InChI is InChI=1S/C37H66O6/c1-3-4-5-6-7-8-9-10-14-20-25-33(39)35-27-28-36(43-35)34(40)26-21-16-15-19-24-32(38)23-18-13-11-12-17-22-31-29-30(2)42-37(31)41/h29-30,33-36,39-40H,3-28H2,1-2H3/t30-,33+,34+,35+,36-/m0/s1. The molecule has 1 saturated heterocycles. The van der Waals surface area contributed by atoms with Gasteiger partial charge in [-0.1, -0.05) is 110 Å². The van der Waals surface area contributed by atoms with Crippen LogP contribution in [0.3, 0.4) is 0 Å². The highest BCUT2D eigenvalue weighted by molar-refractivity contribution is 5.90. The van der Waals surface area contributed by atoms with Crippen LogP contribution >= 0.6 is 0 Å². The molecule has 5 atom stereocenters. The first kappa shape index (κ1) is 37.9. The number of hydrogen-bond acceptors (Lipinski definition) is 6. The van der Waals surface area contributed by atoms with Gasteiger partial charge in [0, 0.05) is 18.4 Å². The summed E-state index contributed by atoms with van der Waals surface area (Å²) in [7, 11) is 0. The number of rotatable bonds is 28. The van der Waals surface area contributed by atoms with Gasteiger partial charge in [0.05, 0.1) is 24.4 Å². The van der Waals surface area contributed by atoms with Crippen molar-refractivity contribution in [3.05, 3.63) is 11.6 Å². The molecule has 0 aromatic carbocycles. The van der Waals surface area contributed by atoms with Crippen LogP contribution in [-0.2, 0) is 19.1 Å². The Kier molecular flexibility index (Phi) is 21.2. The fourth-order valence-electron chi connectivity index (χ4n) is 6.61. The van der Waals surface area contributed by atoms with Crippen LogP contribution in [0.2, 0.25) is 0 Å². The number of ether oxygens (including phenoxy) is 2. The molecule has 6 nitrogen and oxygen atoms in total. The van der Waals surface area contributed by atoms with E-state index >= 15 is 0 Å². The van der Waals surface area contributed by atoms with E-state index in [1.165, 1.54) is 57.8 Å². The van der Waals surface area contributed by atoms with Gasteiger partial charge in [0.2, 0.25) is 0 Å². The van der Waals surface area contributed by atoms with Crippen LogP contribution in [0, 0.1) is 0 Å². The van der Waals surface area contributed by atoms with Crippen molar-refractivity contribution >= 4 is 11.8 Å². The number of ketones is 1. The maximum atomic E-state index is 12.2. The molecular weight excluding hydrogens is 540 g/mol. The number of Topliss-reactive ketones (excluding diaryl/α,β-unsaturated/α-hetero) is 1. The topological polar surface area (TPSA) is 93.1 Å². The molecule has 250 valence electrons. The molecule has 6 heteroatoms. The largest absolute Gasteiger partial charge is 0.455 e. The van der Waals surface area contributed by atoms with Gasteiger partial charge in [0.25, 0.3) is 0 Å². The summed E-state index contributed by atoms with van der Waals surface area (Å²) in [5.74, 6) is 0.214. The number of aliphatic hydroxyl groups excluding tert-OH is 2. The van der Waals surface area contributed by atoms with Crippen LogP contribution in [0.5, 0.6) is 0 Å². The molecule has 0 aliphatic carbocycles. The van der Waals surface area contributed by atoms with Gasteiger partial charge in [-0.3, -0.25) is 4.79 Å². The molecule has 0 radical (unpaired) electrons. The Morgan fingerprint density at radius 2 is 1.16 bits per heavy atom. The maximum Gasteiger partial charge on any atom is 0.334 e. The van der Waals surface area contributed by atoms with Crippen molar-refractivity contribution in [2.75, 3.05) is 0 Å². The Morgan fingerprint density at radius 3 is 1.63 bits per heavy atom. The van der Waals surface area contributed by atoms with Gasteiger partial charge in [-0.2, -0.15) is 0 Å². The lowest BCUT2D eigenvalue weighted by atomic mass is 9.99. The van der Waals surface area contributed by atoms with Gasteiger partial charge in [-0.05, 0) is 64.4 Å². The number of carbonyl (C=O) groups excluding carboxylic acids is 2. The zero-order valence-electron chi connectivity index (χ0n) is 27.9. The van der Waals surface area contributed by atoms with E-state index in [1.54, 1.807) is 0 Å². The van der Waals surface area contributed by atoms with Crippen LogP contribution in [-0.4, -0.2) is 52.5 Å². The van der Waals surface area contributed by atoms with Crippen molar-refractivity contribution in [2.45, 2.75) is 211 Å². The third-order valence-electron chi connectivity index (χ3n) is 9.40. The van der Waals surface area contributed by atoms with Crippen LogP contribution in [0.15, 0.2) is 11.6 Å². The minimum Gasteiger partial charge on any atom is -0.455 e. The van der Waals surface area contributed by atoms with Crippen LogP contribution in [0.25, 0.3) is 0 Å². The summed E-state index contributed by atoms with van der Waals surface area (Å²) in [6.45, 7) is 4.15. The minimum absolute atomic E-state index is 0.0794. The van der Waals surface area contributed by atoms with Crippen molar-refractivity contribution in [3.63, 3.8) is 0 Å². The lowest BCUT2D eigenvalue weighted by Crippen LogP contribution is -2.31. The highest BCUT2D eigenvalue weighted by Gasteiger charge is 2.34. The molecule has 0 aromatic heterocycles. The van der Waals surface area contributed by atoms with Gasteiger partial charge < -0.3 is 19.7 Å². The molecule has 0 saturated carbocycles. The molecule has 2 rings (SSSR count). The summed E-state index contributed by atoms with van der Waals surface area (Å²) in [5, 5.41) is 21.2. The van der Waals surface area contributed by atoms with Crippen LogP contribution in [0.4, 0.5) is 0 Å². The predicted octanol–water partition coefficient (Wildman–Crippen LogP) is 9.08. The molecule has 2 aliphatic heterocycles. The quantitative estimate of drug-likeness (QED) is 0.0682. The van der Waals surface area contributed by atoms with E-state index in [1.807, 2.05) is 13.0 Å². The van der Waals surface area contributed by atoms with E-state index in [0.717, 1.165) is 102 Å². The first-order valence-electron chi connectivity index (χ1n) is 18.4. The normalized spacial score (nSPS) is 21.6. The number of carbonyl (C=O) groups is 2. The second-order valence-corrected chi connectivity index (χ2v) is 13.5. The fraction of sp³-hybridized carbons (Fsp3) is 0.892. The fourth-order valence-corrected chi connectivity index (χ4v) is 6.61. The highest BCUT2D eigenvalue weighted by atomic mass is 16.5. The number of cyclic esters (lactones) is 1. The summed E-state index contributed by atoms with van der Waals surface area (Å²) >= 11 is 0. The monoisotopic (exact) mass is 606 g/mol. The molecule has 2 heterocycles. The average Bonchev–Trinajstić information content (AvgIpc) is 3.61. The van der Waals surface area contributed by atoms with Crippen molar-refractivity contribution in [3.8, 4) is 0 Å². The molecule has 1 fully saturated rings. The predicted molar refractivity (Wildman–Crippen MR) is 175 cm³/mol. The Labute approximate surface area is 263 Å². The lowest BCUT2D eigenvalue weighted by Gasteiger charge is -2.22. The third-order valence-corrected chi connectivity index (χ3v) is 9.40. The number of aliphatic hydroxyl groups is 2. The van der Waals surface area contributed by atoms with Gasteiger partial charge in [0.1, 0.15) is 11.9 Å². The Hall–Kier alpha value is -1.24. The summed E-state index contributed by atoms with van der Waals surface area (Å²) in [4.78, 5) is 23.8. The molecule has 2 aliphatic rings. The molecular formula is C37H66O6. The first-order valence-corrected chi connectivity index (χ1v) is 18.4. The summed E-state index contributed by atoms with van der Waals surface area (Å²) in [5.41, 5.74) is 0.822. The highest BCUT2D eigenvalue weighted by Crippen LogP contribution is 2.28. The number of unbranched alkanes of at least 4 members (excludes halogenated alkanes) is 16. The Morgan fingerprint density at radius 1 is 0.721 bits per heavy atom. The van der Waals surface area contributed by atoms with Gasteiger partial charge in [0.15, 0.2) is 0 Å². The van der Waals surface area contributed by atoms with E-state index < -0.39 is 12.2 Å². The SMILES string of the molecule is CCCCCCCCCCCC[C@@H](O)[C@H]1CC[C@@H]([C@H](O)CCCCCCC(=O)CCCCCCCC2=C[C@H](C)OC2=O)O1.